The Morgan fingerprint density at radius 3 is 2.92 bits per heavy atom. The zero-order chi connectivity index (χ0) is 9.26. The molecule has 0 amide bonds. The highest BCUT2D eigenvalue weighted by Gasteiger charge is 2.12. The molecule has 1 aromatic carbocycles. The van der Waals surface area contributed by atoms with E-state index in [1.54, 1.807) is 10.8 Å². The van der Waals surface area contributed by atoms with Crippen LogP contribution in [0.3, 0.4) is 0 Å². The molecule has 13 heavy (non-hydrogen) atoms. The van der Waals surface area contributed by atoms with Crippen molar-refractivity contribution in [1.82, 2.24) is 5.32 Å². The van der Waals surface area contributed by atoms with Gasteiger partial charge in [0.1, 0.15) is 0 Å². The van der Waals surface area contributed by atoms with E-state index >= 15 is 0 Å². The van der Waals surface area contributed by atoms with Gasteiger partial charge >= 0.3 is 0 Å². The molecule has 0 aliphatic carbocycles. The summed E-state index contributed by atoms with van der Waals surface area (Å²) in [7, 11) is 1.60. The van der Waals surface area contributed by atoms with Crippen molar-refractivity contribution in [2.45, 2.75) is 25.3 Å². The molecule has 70 valence electrons. The minimum Gasteiger partial charge on any atom is -0.309 e. The first-order valence-electron chi connectivity index (χ1n) is 4.44. The van der Waals surface area contributed by atoms with Gasteiger partial charge in [-0.1, -0.05) is 29.0 Å². The maximum atomic E-state index is 4.23. The third kappa shape index (κ3) is 1.87. The van der Waals surface area contributed by atoms with Gasteiger partial charge in [0, 0.05) is 18.3 Å². The van der Waals surface area contributed by atoms with Gasteiger partial charge in [0.2, 0.25) is 0 Å². The Labute approximate surface area is 88.1 Å². The van der Waals surface area contributed by atoms with Crippen molar-refractivity contribution in [3.63, 3.8) is 0 Å². The van der Waals surface area contributed by atoms with Crippen LogP contribution >= 0.6 is 22.5 Å². The molecular weight excluding hydrogens is 198 g/mol. The first-order valence-corrected chi connectivity index (χ1v) is 6.37. The van der Waals surface area contributed by atoms with Crippen LogP contribution in [0.2, 0.25) is 0 Å². The normalized spacial score (nSPS) is 17.1. The summed E-state index contributed by atoms with van der Waals surface area (Å²) in [6.07, 6.45) is 0. The molecule has 1 nitrogen and oxygen atoms in total. The molecule has 0 fully saturated rings. The van der Waals surface area contributed by atoms with Gasteiger partial charge in [0.25, 0.3) is 0 Å². The van der Waals surface area contributed by atoms with Crippen LogP contribution in [0.15, 0.2) is 18.2 Å². The molecule has 1 aromatic rings. The Balaban J connectivity index is 2.30. The number of fused-ring (bicyclic) bond motifs is 1. The predicted octanol–water partition coefficient (Wildman–Crippen LogP) is 2.93. The highest BCUT2D eigenvalue weighted by Crippen LogP contribution is 2.32. The molecule has 0 radical (unpaired) electrons. The van der Waals surface area contributed by atoms with Gasteiger partial charge in [-0.3, -0.25) is 0 Å². The van der Waals surface area contributed by atoms with Crippen LogP contribution in [-0.2, 0) is 13.1 Å². The van der Waals surface area contributed by atoms with Gasteiger partial charge in [0.15, 0.2) is 0 Å². The minimum atomic E-state index is 0.481. The lowest BCUT2D eigenvalue weighted by molar-refractivity contribution is 0.764. The molecule has 1 N–H and O–H groups in total. The average molecular weight is 211 g/mol. The van der Waals surface area contributed by atoms with Crippen molar-refractivity contribution in [2.24, 2.45) is 0 Å². The van der Waals surface area contributed by atoms with Crippen molar-refractivity contribution in [1.29, 1.82) is 0 Å². The molecule has 2 rings (SSSR count). The van der Waals surface area contributed by atoms with E-state index in [0.29, 0.717) is 5.25 Å². The van der Waals surface area contributed by atoms with Gasteiger partial charge in [-0.2, -0.15) is 0 Å². The third-order valence-corrected chi connectivity index (χ3v) is 4.03. The zero-order valence-electron chi connectivity index (χ0n) is 7.58. The second-order valence-electron chi connectivity index (χ2n) is 3.38. The summed E-state index contributed by atoms with van der Waals surface area (Å²) in [5.41, 5.74) is 4.27. The molecule has 1 aliphatic rings. The molecule has 1 unspecified atom stereocenters. The van der Waals surface area contributed by atoms with Crippen LogP contribution in [0.1, 0.15) is 28.9 Å². The molecular formula is C10H13NS2. The fraction of sp³-hybridized carbons (Fsp3) is 0.400. The van der Waals surface area contributed by atoms with Crippen LogP contribution in [0.5, 0.6) is 0 Å². The first kappa shape index (κ1) is 9.44. The van der Waals surface area contributed by atoms with E-state index < -0.39 is 0 Å². The largest absolute Gasteiger partial charge is 0.309 e. The molecule has 0 spiro atoms. The van der Waals surface area contributed by atoms with Crippen molar-refractivity contribution < 1.29 is 0 Å². The van der Waals surface area contributed by atoms with E-state index in [1.165, 1.54) is 16.7 Å². The second kappa shape index (κ2) is 3.95. The van der Waals surface area contributed by atoms with E-state index in [9.17, 15) is 0 Å². The summed E-state index contributed by atoms with van der Waals surface area (Å²) in [4.78, 5) is 0. The van der Waals surface area contributed by atoms with Gasteiger partial charge in [0.05, 0.1) is 0 Å². The summed E-state index contributed by atoms with van der Waals surface area (Å²) in [6, 6.07) is 6.73. The first-order chi connectivity index (χ1) is 6.31. The average Bonchev–Trinajstić information content (AvgIpc) is 2.63. The fourth-order valence-electron chi connectivity index (χ4n) is 1.63. The quantitative estimate of drug-likeness (QED) is 0.576. The van der Waals surface area contributed by atoms with E-state index in [2.05, 4.69) is 42.1 Å². The molecule has 0 bridgehead atoms. The molecule has 1 atom stereocenters. The monoisotopic (exact) mass is 211 g/mol. The number of hydrogen-bond acceptors (Lipinski definition) is 3. The highest BCUT2D eigenvalue weighted by molar-refractivity contribution is 8.68. The SMILES string of the molecule is CC(SS)c1ccc2c(c1)CNC2. The third-order valence-electron chi connectivity index (χ3n) is 2.49. The number of benzene rings is 1. The summed E-state index contributed by atoms with van der Waals surface area (Å²) in [6.45, 7) is 4.23. The molecule has 1 heterocycles. The van der Waals surface area contributed by atoms with Crippen LogP contribution in [-0.4, -0.2) is 0 Å². The van der Waals surface area contributed by atoms with Crippen LogP contribution < -0.4 is 5.32 Å². The number of rotatable bonds is 2. The maximum Gasteiger partial charge on any atom is 0.0370 e. The summed E-state index contributed by atoms with van der Waals surface area (Å²) in [5, 5.41) is 3.83. The Bertz CT molecular complexity index is 312. The Morgan fingerprint density at radius 2 is 2.15 bits per heavy atom. The second-order valence-corrected chi connectivity index (χ2v) is 4.93. The van der Waals surface area contributed by atoms with Crippen LogP contribution in [0, 0.1) is 0 Å². The molecule has 0 saturated heterocycles. The summed E-state index contributed by atoms with van der Waals surface area (Å²) in [5.74, 6) is 0. The number of thiol groups is 1. The highest BCUT2D eigenvalue weighted by atomic mass is 33.1. The van der Waals surface area contributed by atoms with Crippen molar-refractivity contribution >= 4 is 22.5 Å². The van der Waals surface area contributed by atoms with Gasteiger partial charge in [-0.25, -0.2) is 0 Å². The maximum absolute atomic E-state index is 4.23. The van der Waals surface area contributed by atoms with Crippen molar-refractivity contribution in [3.8, 4) is 0 Å². The van der Waals surface area contributed by atoms with E-state index in [1.807, 2.05) is 0 Å². The predicted molar refractivity (Wildman–Crippen MR) is 62.0 cm³/mol. The minimum absolute atomic E-state index is 0.481. The standard InChI is InChI=1S/C10H13NS2/c1-7(13-12)8-2-3-9-5-11-6-10(9)4-8/h2-4,7,11-12H,5-6H2,1H3. The lowest BCUT2D eigenvalue weighted by Crippen LogP contribution is -1.99. The van der Waals surface area contributed by atoms with Crippen LogP contribution in [0.4, 0.5) is 0 Å². The Hall–Kier alpha value is -0.120. The van der Waals surface area contributed by atoms with Crippen LogP contribution in [0.25, 0.3) is 0 Å². The number of hydrogen-bond donors (Lipinski definition) is 2. The van der Waals surface area contributed by atoms with Gasteiger partial charge in [-0.05, 0) is 23.6 Å². The Kier molecular flexibility index (Phi) is 2.86. The molecule has 3 heteroatoms. The van der Waals surface area contributed by atoms with Gasteiger partial charge in [-0.15, -0.1) is 11.7 Å². The van der Waals surface area contributed by atoms with E-state index in [4.69, 9.17) is 0 Å². The summed E-state index contributed by atoms with van der Waals surface area (Å²) < 4.78 is 0. The smallest absolute Gasteiger partial charge is 0.0370 e. The lowest BCUT2D eigenvalue weighted by Gasteiger charge is -2.09. The van der Waals surface area contributed by atoms with Crippen molar-refractivity contribution in [3.05, 3.63) is 34.9 Å². The van der Waals surface area contributed by atoms with E-state index in [-0.39, 0.29) is 0 Å². The number of nitrogens with one attached hydrogen (secondary N) is 1. The molecule has 0 aromatic heterocycles. The zero-order valence-corrected chi connectivity index (χ0v) is 9.29. The summed E-state index contributed by atoms with van der Waals surface area (Å²) >= 11 is 4.23. The topological polar surface area (TPSA) is 12.0 Å². The fourth-order valence-corrected chi connectivity index (χ4v) is 2.26. The molecule has 0 saturated carbocycles. The van der Waals surface area contributed by atoms with E-state index in [0.717, 1.165) is 13.1 Å². The lowest BCUT2D eigenvalue weighted by atomic mass is 10.0. The van der Waals surface area contributed by atoms with Crippen molar-refractivity contribution in [2.75, 3.05) is 0 Å². The molecule has 1 aliphatic heterocycles. The Morgan fingerprint density at radius 1 is 1.38 bits per heavy atom. The van der Waals surface area contributed by atoms with Gasteiger partial charge < -0.3 is 5.32 Å².